The smallest absolute Gasteiger partial charge is 0.137 e. The third-order valence-electron chi connectivity index (χ3n) is 8.88. The summed E-state index contributed by atoms with van der Waals surface area (Å²) in [6, 6.07) is 50.0. The predicted octanol–water partition coefficient (Wildman–Crippen LogP) is 11.6. The third-order valence-corrected chi connectivity index (χ3v) is 8.88. The van der Waals surface area contributed by atoms with Crippen molar-refractivity contribution in [1.82, 2.24) is 15.0 Å². The first-order valence-corrected chi connectivity index (χ1v) is 16.1. The zero-order chi connectivity index (χ0) is 31.9. The van der Waals surface area contributed by atoms with Crippen molar-refractivity contribution in [1.29, 1.82) is 0 Å². The van der Waals surface area contributed by atoms with Gasteiger partial charge in [0.25, 0.3) is 0 Å². The number of fused-ring (bicyclic) bond motifs is 8. The van der Waals surface area contributed by atoms with Crippen LogP contribution in [0.2, 0.25) is 0 Å². The molecule has 4 nitrogen and oxygen atoms in total. The molecule has 3 aromatic heterocycles. The number of nitrogens with one attached hydrogen (secondary N) is 1. The summed E-state index contributed by atoms with van der Waals surface area (Å²) in [4.78, 5) is 14.4. The highest BCUT2D eigenvalue weighted by molar-refractivity contribution is 5.99. The maximum atomic E-state index is 6.83. The second-order valence-electron chi connectivity index (χ2n) is 11.8. The number of H-pyrrole nitrogens is 1. The highest BCUT2D eigenvalue weighted by Gasteiger charge is 2.19. The minimum atomic E-state index is 0.744. The summed E-state index contributed by atoms with van der Waals surface area (Å²) < 4.78 is 6.83. The van der Waals surface area contributed by atoms with Crippen LogP contribution in [0, 0.1) is 0 Å². The van der Waals surface area contributed by atoms with E-state index in [1.54, 1.807) is 0 Å². The van der Waals surface area contributed by atoms with Gasteiger partial charge < -0.3 is 9.40 Å². The molecule has 0 amide bonds. The van der Waals surface area contributed by atoms with E-state index in [1.807, 2.05) is 24.3 Å². The van der Waals surface area contributed by atoms with Gasteiger partial charge in [-0.15, -0.1) is 0 Å². The average Bonchev–Trinajstić information content (AvgIpc) is 3.98. The highest BCUT2D eigenvalue weighted by atomic mass is 16.3. The molecule has 7 aromatic rings. The van der Waals surface area contributed by atoms with Crippen LogP contribution in [0.4, 0.5) is 0 Å². The molecule has 0 unspecified atom stereocenters. The second kappa shape index (κ2) is 11.7. The first-order chi connectivity index (χ1) is 23.8. The maximum absolute atomic E-state index is 6.83. The molecular formula is C44H29N3O. The molecule has 0 saturated carbocycles. The van der Waals surface area contributed by atoms with Gasteiger partial charge in [0, 0.05) is 22.2 Å². The number of hydrogen-bond donors (Lipinski definition) is 1. The highest BCUT2D eigenvalue weighted by Crippen LogP contribution is 2.39. The van der Waals surface area contributed by atoms with Gasteiger partial charge in [-0.05, 0) is 70.8 Å². The van der Waals surface area contributed by atoms with E-state index in [1.165, 1.54) is 0 Å². The molecule has 226 valence electrons. The summed E-state index contributed by atoms with van der Waals surface area (Å²) >= 11 is 0. The lowest BCUT2D eigenvalue weighted by atomic mass is 10.0. The molecule has 1 N–H and O–H groups in total. The molecule has 0 atom stereocenters. The van der Waals surface area contributed by atoms with Crippen LogP contribution in [0.1, 0.15) is 22.8 Å². The molecular weight excluding hydrogens is 587 g/mol. The minimum absolute atomic E-state index is 0.744. The summed E-state index contributed by atoms with van der Waals surface area (Å²) in [5, 5.41) is 0. The summed E-state index contributed by atoms with van der Waals surface area (Å²) in [5.41, 5.74) is 15.0. The van der Waals surface area contributed by atoms with Gasteiger partial charge in [0.15, 0.2) is 0 Å². The summed E-state index contributed by atoms with van der Waals surface area (Å²) in [6.07, 6.45) is 8.41. The van der Waals surface area contributed by atoms with E-state index in [9.17, 15) is 0 Å². The fourth-order valence-corrected chi connectivity index (χ4v) is 6.71. The van der Waals surface area contributed by atoms with Crippen molar-refractivity contribution in [3.05, 3.63) is 168 Å². The van der Waals surface area contributed by atoms with Gasteiger partial charge in [0.05, 0.1) is 33.9 Å². The SMILES string of the molecule is C1=Cc2nc1c(-c1ccccc1)c1ccc([nH]1)c(-c1ccccc1)c1nc(c(-c3ccccc3)c3ccc(o3)c2-c2ccccc2)C=C1. The number of hydrogen-bond acceptors (Lipinski definition) is 3. The number of aromatic amines is 1. The molecule has 0 radical (unpaired) electrons. The molecule has 0 fully saturated rings. The van der Waals surface area contributed by atoms with Crippen molar-refractivity contribution in [2.45, 2.75) is 0 Å². The van der Waals surface area contributed by atoms with Crippen LogP contribution in [-0.2, 0) is 0 Å². The van der Waals surface area contributed by atoms with Crippen molar-refractivity contribution in [2.75, 3.05) is 0 Å². The maximum Gasteiger partial charge on any atom is 0.137 e. The largest absolute Gasteiger partial charge is 0.456 e. The first-order valence-electron chi connectivity index (χ1n) is 16.1. The monoisotopic (exact) mass is 615 g/mol. The Morgan fingerprint density at radius 3 is 1.00 bits per heavy atom. The van der Waals surface area contributed by atoms with Crippen LogP contribution in [0.15, 0.2) is 150 Å². The van der Waals surface area contributed by atoms with E-state index in [0.29, 0.717) is 0 Å². The van der Waals surface area contributed by atoms with Gasteiger partial charge in [-0.1, -0.05) is 121 Å². The number of rotatable bonds is 4. The topological polar surface area (TPSA) is 54.7 Å². The molecule has 0 spiro atoms. The number of aromatic nitrogens is 3. The predicted molar refractivity (Wildman–Crippen MR) is 199 cm³/mol. The Balaban J connectivity index is 1.49. The molecule has 2 aliphatic heterocycles. The first kappa shape index (κ1) is 27.8. The lowest BCUT2D eigenvalue weighted by Crippen LogP contribution is -1.88. The van der Waals surface area contributed by atoms with Crippen LogP contribution in [0.25, 0.3) is 91.0 Å². The van der Waals surface area contributed by atoms with Crippen molar-refractivity contribution in [3.8, 4) is 44.5 Å². The van der Waals surface area contributed by atoms with E-state index in [0.717, 1.165) is 89.5 Å². The zero-order valence-electron chi connectivity index (χ0n) is 26.0. The summed E-state index contributed by atoms with van der Waals surface area (Å²) in [7, 11) is 0. The van der Waals surface area contributed by atoms with Crippen LogP contribution in [0.5, 0.6) is 0 Å². The zero-order valence-corrected chi connectivity index (χ0v) is 26.0. The van der Waals surface area contributed by atoms with Crippen LogP contribution < -0.4 is 0 Å². The molecule has 8 bridgehead atoms. The Morgan fingerprint density at radius 2 is 0.646 bits per heavy atom. The van der Waals surface area contributed by atoms with Crippen LogP contribution in [-0.4, -0.2) is 15.0 Å². The van der Waals surface area contributed by atoms with Crippen molar-refractivity contribution in [2.24, 2.45) is 0 Å². The quantitative estimate of drug-likeness (QED) is 0.214. The summed E-state index contributed by atoms with van der Waals surface area (Å²) in [6.45, 7) is 0. The van der Waals surface area contributed by atoms with Crippen molar-refractivity contribution in [3.63, 3.8) is 0 Å². The molecule has 48 heavy (non-hydrogen) atoms. The number of nitrogens with zero attached hydrogens (tertiary/aromatic N) is 2. The number of benzene rings is 4. The van der Waals surface area contributed by atoms with Crippen LogP contribution in [0.3, 0.4) is 0 Å². The van der Waals surface area contributed by atoms with Gasteiger partial charge in [-0.2, -0.15) is 0 Å². The van der Waals surface area contributed by atoms with Crippen LogP contribution >= 0.6 is 0 Å². The van der Waals surface area contributed by atoms with Gasteiger partial charge in [-0.3, -0.25) is 0 Å². The lowest BCUT2D eigenvalue weighted by Gasteiger charge is -2.06. The standard InChI is InChI=1S/C44H29N3O/c1-5-13-29(14-6-1)41-33-21-22-34(45-33)42(30-15-7-2-8-16-30)36-24-26-38(47-36)44(32-19-11-4-12-20-32)40-28-27-39(48-40)43(31-17-9-3-10-18-31)37-25-23-35(41)46-37/h1-28,45H. The van der Waals surface area contributed by atoms with E-state index in [2.05, 4.69) is 151 Å². The molecule has 2 aliphatic rings. The Hall–Kier alpha value is -6.52. The normalized spacial score (nSPS) is 12.0. The Labute approximate surface area is 278 Å². The van der Waals surface area contributed by atoms with E-state index in [4.69, 9.17) is 14.4 Å². The molecule has 4 aromatic carbocycles. The lowest BCUT2D eigenvalue weighted by molar-refractivity contribution is 0.667. The van der Waals surface area contributed by atoms with Gasteiger partial charge in [0.1, 0.15) is 11.2 Å². The molecule has 4 heteroatoms. The second-order valence-corrected chi connectivity index (χ2v) is 11.8. The molecule has 5 heterocycles. The Morgan fingerprint density at radius 1 is 0.333 bits per heavy atom. The Bertz CT molecular complexity index is 2180. The van der Waals surface area contributed by atoms with E-state index >= 15 is 0 Å². The summed E-state index contributed by atoms with van der Waals surface area (Å²) in [5.74, 6) is 0. The van der Waals surface area contributed by atoms with Gasteiger partial charge in [-0.25, -0.2) is 9.97 Å². The molecule has 9 rings (SSSR count). The fourth-order valence-electron chi connectivity index (χ4n) is 6.71. The van der Waals surface area contributed by atoms with E-state index < -0.39 is 0 Å². The number of furan rings is 1. The third kappa shape index (κ3) is 4.88. The minimum Gasteiger partial charge on any atom is -0.456 e. The molecule has 0 saturated heterocycles. The Kier molecular flexibility index (Phi) is 6.76. The molecule has 0 aliphatic carbocycles. The average molecular weight is 616 g/mol. The van der Waals surface area contributed by atoms with Crippen molar-refractivity contribution < 1.29 is 4.42 Å². The van der Waals surface area contributed by atoms with Gasteiger partial charge >= 0.3 is 0 Å². The van der Waals surface area contributed by atoms with Crippen molar-refractivity contribution >= 4 is 46.5 Å². The van der Waals surface area contributed by atoms with Gasteiger partial charge in [0.2, 0.25) is 0 Å². The van der Waals surface area contributed by atoms with E-state index in [-0.39, 0.29) is 0 Å². The fraction of sp³-hybridized carbons (Fsp3) is 0.